The van der Waals surface area contributed by atoms with Gasteiger partial charge in [0.1, 0.15) is 17.1 Å². The third-order valence-electron chi connectivity index (χ3n) is 7.97. The van der Waals surface area contributed by atoms with E-state index in [-0.39, 0.29) is 35.4 Å². The lowest BCUT2D eigenvalue weighted by Gasteiger charge is -2.38. The van der Waals surface area contributed by atoms with Gasteiger partial charge in [0.05, 0.1) is 12.1 Å². The molecule has 36 heavy (non-hydrogen) atoms. The summed E-state index contributed by atoms with van der Waals surface area (Å²) in [6.07, 6.45) is 13.1. The number of aromatic hydroxyl groups is 1. The molecule has 0 saturated heterocycles. The number of rotatable bonds is 7. The molecule has 3 aromatic rings. The molecule has 1 aromatic carbocycles. The molecular weight excluding hydrogens is 452 g/mol. The molecule has 2 aromatic heterocycles. The predicted molar refractivity (Wildman–Crippen MR) is 139 cm³/mol. The standard InChI is InChI=1S/C29H36N4O3/c34-24-14-12-21(13-15-24)29(16-5-2-6-17-29)20-30-27(35)18-23-19-33-25(10-7-11-26(33)31-23)28(36)32-22-8-3-1-4-9-22/h7,10-15,19,22,34H,1-6,8-9,16-18,20H2,(H,30,35)(H,32,36). The van der Waals surface area contributed by atoms with Gasteiger partial charge in [-0.05, 0) is 55.5 Å². The summed E-state index contributed by atoms with van der Waals surface area (Å²) in [5, 5.41) is 16.0. The molecule has 2 saturated carbocycles. The number of fused-ring (bicyclic) bond motifs is 1. The van der Waals surface area contributed by atoms with Crippen LogP contribution in [0, 0.1) is 0 Å². The van der Waals surface area contributed by atoms with Crippen molar-refractivity contribution in [3.63, 3.8) is 0 Å². The van der Waals surface area contributed by atoms with Gasteiger partial charge >= 0.3 is 0 Å². The van der Waals surface area contributed by atoms with E-state index in [0.29, 0.717) is 23.6 Å². The van der Waals surface area contributed by atoms with Crippen molar-refractivity contribution in [3.8, 4) is 5.75 Å². The quantitative estimate of drug-likeness (QED) is 0.451. The maximum atomic E-state index is 13.0. The highest BCUT2D eigenvalue weighted by Gasteiger charge is 2.34. The minimum Gasteiger partial charge on any atom is -0.508 e. The van der Waals surface area contributed by atoms with Crippen LogP contribution in [0.15, 0.2) is 48.7 Å². The molecule has 5 rings (SSSR count). The van der Waals surface area contributed by atoms with Crippen LogP contribution in [0.25, 0.3) is 5.65 Å². The van der Waals surface area contributed by atoms with Crippen molar-refractivity contribution in [1.82, 2.24) is 20.0 Å². The van der Waals surface area contributed by atoms with E-state index >= 15 is 0 Å². The van der Waals surface area contributed by atoms with Gasteiger partial charge in [0.25, 0.3) is 5.91 Å². The summed E-state index contributed by atoms with van der Waals surface area (Å²) in [5.41, 5.74) is 2.92. The second kappa shape index (κ2) is 10.7. The molecule has 2 aliphatic carbocycles. The Balaban J connectivity index is 1.26. The van der Waals surface area contributed by atoms with Crippen molar-refractivity contribution in [2.45, 2.75) is 82.1 Å². The number of imidazole rings is 1. The van der Waals surface area contributed by atoms with Gasteiger partial charge in [-0.3, -0.25) is 14.0 Å². The number of phenols is 1. The van der Waals surface area contributed by atoms with Crippen LogP contribution in [0.5, 0.6) is 5.75 Å². The summed E-state index contributed by atoms with van der Waals surface area (Å²) in [7, 11) is 0. The van der Waals surface area contributed by atoms with Crippen LogP contribution in [0.4, 0.5) is 0 Å². The lowest BCUT2D eigenvalue weighted by molar-refractivity contribution is -0.120. The second-order valence-electron chi connectivity index (χ2n) is 10.5. The van der Waals surface area contributed by atoms with Crippen molar-refractivity contribution in [2.24, 2.45) is 0 Å². The Morgan fingerprint density at radius 2 is 1.69 bits per heavy atom. The average Bonchev–Trinajstić information content (AvgIpc) is 3.31. The topological polar surface area (TPSA) is 95.7 Å². The van der Waals surface area contributed by atoms with Gasteiger partial charge in [-0.1, -0.05) is 56.7 Å². The number of pyridine rings is 1. The van der Waals surface area contributed by atoms with Crippen LogP contribution in [-0.2, 0) is 16.6 Å². The largest absolute Gasteiger partial charge is 0.508 e. The molecule has 0 unspecified atom stereocenters. The van der Waals surface area contributed by atoms with Crippen LogP contribution in [0.1, 0.15) is 86.0 Å². The summed E-state index contributed by atoms with van der Waals surface area (Å²) < 4.78 is 1.79. The number of nitrogens with zero attached hydrogens (tertiary/aromatic N) is 2. The summed E-state index contributed by atoms with van der Waals surface area (Å²) in [6.45, 7) is 0.568. The van der Waals surface area contributed by atoms with Gasteiger partial charge in [-0.25, -0.2) is 4.98 Å². The number of hydrogen-bond acceptors (Lipinski definition) is 4. The molecule has 3 N–H and O–H groups in total. The zero-order valence-electron chi connectivity index (χ0n) is 20.8. The second-order valence-corrected chi connectivity index (χ2v) is 10.5. The average molecular weight is 489 g/mol. The smallest absolute Gasteiger partial charge is 0.268 e. The van der Waals surface area contributed by atoms with Gasteiger partial charge in [0.2, 0.25) is 5.91 Å². The maximum absolute atomic E-state index is 13.0. The van der Waals surface area contributed by atoms with E-state index in [1.165, 1.54) is 18.4 Å². The van der Waals surface area contributed by atoms with Crippen molar-refractivity contribution in [3.05, 3.63) is 65.6 Å². The van der Waals surface area contributed by atoms with Gasteiger partial charge in [-0.2, -0.15) is 0 Å². The Bertz CT molecular complexity index is 1200. The fourth-order valence-corrected chi connectivity index (χ4v) is 5.94. The van der Waals surface area contributed by atoms with E-state index in [2.05, 4.69) is 15.6 Å². The Morgan fingerprint density at radius 3 is 2.44 bits per heavy atom. The molecule has 0 bridgehead atoms. The Morgan fingerprint density at radius 1 is 0.972 bits per heavy atom. The molecule has 2 amide bonds. The number of benzene rings is 1. The first kappa shape index (κ1) is 24.3. The van der Waals surface area contributed by atoms with E-state index in [4.69, 9.17) is 0 Å². The van der Waals surface area contributed by atoms with E-state index < -0.39 is 0 Å². The molecule has 2 heterocycles. The Hall–Kier alpha value is -3.35. The molecule has 0 aliphatic heterocycles. The summed E-state index contributed by atoms with van der Waals surface area (Å²) in [4.78, 5) is 30.6. The lowest BCUT2D eigenvalue weighted by atomic mass is 9.69. The highest BCUT2D eigenvalue weighted by molar-refractivity contribution is 5.93. The first-order valence-corrected chi connectivity index (χ1v) is 13.4. The molecule has 2 fully saturated rings. The zero-order chi connectivity index (χ0) is 25.0. The number of nitrogens with one attached hydrogen (secondary N) is 2. The van der Waals surface area contributed by atoms with Crippen LogP contribution < -0.4 is 10.6 Å². The molecular formula is C29H36N4O3. The van der Waals surface area contributed by atoms with E-state index in [1.807, 2.05) is 24.3 Å². The first-order valence-electron chi connectivity index (χ1n) is 13.4. The molecule has 190 valence electrons. The van der Waals surface area contributed by atoms with Crippen molar-refractivity contribution in [1.29, 1.82) is 0 Å². The van der Waals surface area contributed by atoms with Gasteiger partial charge in [0.15, 0.2) is 0 Å². The molecule has 0 spiro atoms. The fraction of sp³-hybridized carbons (Fsp3) is 0.483. The minimum atomic E-state index is -0.106. The first-order chi connectivity index (χ1) is 17.5. The van der Waals surface area contributed by atoms with E-state index in [1.54, 1.807) is 28.8 Å². The van der Waals surface area contributed by atoms with Crippen molar-refractivity contribution >= 4 is 17.5 Å². The van der Waals surface area contributed by atoms with Crippen LogP contribution in [0.2, 0.25) is 0 Å². The Kier molecular flexibility index (Phi) is 7.25. The van der Waals surface area contributed by atoms with Gasteiger partial charge < -0.3 is 15.7 Å². The van der Waals surface area contributed by atoms with Crippen molar-refractivity contribution in [2.75, 3.05) is 6.54 Å². The van der Waals surface area contributed by atoms with E-state index in [9.17, 15) is 14.7 Å². The molecule has 7 heteroatoms. The third-order valence-corrected chi connectivity index (χ3v) is 7.97. The zero-order valence-corrected chi connectivity index (χ0v) is 20.8. The Labute approximate surface area is 212 Å². The van der Waals surface area contributed by atoms with E-state index in [0.717, 1.165) is 51.4 Å². The van der Waals surface area contributed by atoms with Gasteiger partial charge in [-0.15, -0.1) is 0 Å². The number of amides is 2. The maximum Gasteiger partial charge on any atom is 0.268 e. The van der Waals surface area contributed by atoms with Gasteiger partial charge in [0, 0.05) is 24.2 Å². The van der Waals surface area contributed by atoms with Crippen LogP contribution in [0.3, 0.4) is 0 Å². The number of carbonyl (C=O) groups is 2. The fourth-order valence-electron chi connectivity index (χ4n) is 5.94. The molecule has 2 aliphatic rings. The molecule has 7 nitrogen and oxygen atoms in total. The highest BCUT2D eigenvalue weighted by atomic mass is 16.3. The number of aromatic nitrogens is 2. The third kappa shape index (κ3) is 5.40. The van der Waals surface area contributed by atoms with Crippen LogP contribution in [-0.4, -0.2) is 38.9 Å². The summed E-state index contributed by atoms with van der Waals surface area (Å²) in [6, 6.07) is 13.2. The lowest BCUT2D eigenvalue weighted by Crippen LogP contribution is -2.42. The number of hydrogen-bond donors (Lipinski definition) is 3. The van der Waals surface area contributed by atoms with Crippen molar-refractivity contribution < 1.29 is 14.7 Å². The molecule has 0 radical (unpaired) electrons. The SMILES string of the molecule is O=C(Cc1cn2c(C(=O)NC3CCCCC3)cccc2n1)NCC1(c2ccc(O)cc2)CCCCC1. The monoisotopic (exact) mass is 488 g/mol. The highest BCUT2D eigenvalue weighted by Crippen LogP contribution is 2.39. The predicted octanol–water partition coefficient (Wildman–Crippen LogP) is 4.66. The number of carbonyl (C=O) groups excluding carboxylic acids is 2. The summed E-state index contributed by atoms with van der Waals surface area (Å²) >= 11 is 0. The minimum absolute atomic E-state index is 0.0738. The normalized spacial score (nSPS) is 18.1. The van der Waals surface area contributed by atoms with Crippen LogP contribution >= 0.6 is 0 Å². The molecule has 0 atom stereocenters. The summed E-state index contributed by atoms with van der Waals surface area (Å²) in [5.74, 6) is 0.0942. The number of phenolic OH excluding ortho intramolecular Hbond substituents is 1.